The Morgan fingerprint density at radius 3 is 3.19 bits per heavy atom. The van der Waals surface area contributed by atoms with Crippen LogP contribution in [0.1, 0.15) is 5.56 Å². The Bertz CT molecular complexity index is 533. The molecule has 0 aliphatic carbocycles. The van der Waals surface area contributed by atoms with Gasteiger partial charge in [-0.2, -0.15) is 0 Å². The van der Waals surface area contributed by atoms with Crippen molar-refractivity contribution in [3.05, 3.63) is 29.6 Å². The Balaban J connectivity index is 2.16. The van der Waals surface area contributed by atoms with E-state index in [1.165, 1.54) is 0 Å². The summed E-state index contributed by atoms with van der Waals surface area (Å²) in [5.41, 5.74) is 7.99. The van der Waals surface area contributed by atoms with E-state index in [1.807, 2.05) is 11.0 Å². The minimum absolute atomic E-state index is 0.369. The Morgan fingerprint density at radius 2 is 2.38 bits per heavy atom. The van der Waals surface area contributed by atoms with Gasteiger partial charge in [0.05, 0.1) is 12.2 Å². The average molecular weight is 214 g/mol. The highest BCUT2D eigenvalue weighted by molar-refractivity contribution is 5.96. The van der Waals surface area contributed by atoms with E-state index in [-0.39, 0.29) is 5.91 Å². The molecule has 0 atom stereocenters. The molecule has 0 spiro atoms. The van der Waals surface area contributed by atoms with Gasteiger partial charge in [0.1, 0.15) is 0 Å². The second-order valence-corrected chi connectivity index (χ2v) is 3.80. The highest BCUT2D eigenvalue weighted by atomic mass is 16.1. The molecular weight excluding hydrogens is 204 g/mol. The van der Waals surface area contributed by atoms with Gasteiger partial charge in [0.2, 0.25) is 5.91 Å². The van der Waals surface area contributed by atoms with Crippen LogP contribution in [0, 0.1) is 0 Å². The molecule has 1 aromatic rings. The zero-order chi connectivity index (χ0) is 11.1. The zero-order valence-corrected chi connectivity index (χ0v) is 8.55. The molecule has 5 nitrogen and oxygen atoms in total. The van der Waals surface area contributed by atoms with Gasteiger partial charge in [-0.05, 0) is 11.6 Å². The maximum atomic E-state index is 11.2. The Labute approximate surface area is 92.3 Å². The lowest BCUT2D eigenvalue weighted by Crippen LogP contribution is -2.30. The summed E-state index contributed by atoms with van der Waals surface area (Å²) in [6, 6.07) is 1.91. The van der Waals surface area contributed by atoms with E-state index in [4.69, 9.17) is 5.73 Å². The van der Waals surface area contributed by atoms with Crippen molar-refractivity contribution in [3.63, 3.8) is 0 Å². The Hall–Kier alpha value is -2.17. The summed E-state index contributed by atoms with van der Waals surface area (Å²) in [6.45, 7) is 0.655. The summed E-state index contributed by atoms with van der Waals surface area (Å²) < 4.78 is 0. The molecule has 3 heterocycles. The Morgan fingerprint density at radius 1 is 1.50 bits per heavy atom. The first kappa shape index (κ1) is 9.08. The highest BCUT2D eigenvalue weighted by Crippen LogP contribution is 2.36. The first-order valence-electron chi connectivity index (χ1n) is 5.03. The summed E-state index contributed by atoms with van der Waals surface area (Å²) in [6.07, 6.45) is 5.84. The number of amides is 1. The molecule has 0 aromatic carbocycles. The number of pyridine rings is 1. The maximum Gasteiger partial charge on any atom is 0.246 e. The van der Waals surface area contributed by atoms with Crippen LogP contribution >= 0.6 is 0 Å². The lowest BCUT2D eigenvalue weighted by molar-refractivity contribution is -0.114. The number of carbonyl (C=O) groups is 1. The number of hydrogen-bond acceptors (Lipinski definition) is 4. The normalized spacial score (nSPS) is 16.8. The number of nitrogens with zero attached hydrogens (tertiary/aromatic N) is 3. The fraction of sp³-hybridized carbons (Fsp3) is 0.182. The summed E-state index contributed by atoms with van der Waals surface area (Å²) in [5.74, 6) is 0.343. The molecule has 16 heavy (non-hydrogen) atoms. The van der Waals surface area contributed by atoms with Crippen LogP contribution in [0.25, 0.3) is 0 Å². The van der Waals surface area contributed by atoms with E-state index in [9.17, 15) is 4.79 Å². The van der Waals surface area contributed by atoms with Gasteiger partial charge >= 0.3 is 0 Å². The molecule has 2 aliphatic heterocycles. The van der Waals surface area contributed by atoms with Crippen molar-refractivity contribution in [2.24, 2.45) is 10.7 Å². The smallest absolute Gasteiger partial charge is 0.246 e. The van der Waals surface area contributed by atoms with Crippen molar-refractivity contribution in [1.29, 1.82) is 0 Å². The molecule has 5 heteroatoms. The first-order chi connectivity index (χ1) is 7.75. The molecule has 3 rings (SSSR count). The highest BCUT2D eigenvalue weighted by Gasteiger charge is 2.24. The number of primary amides is 1. The molecule has 0 fully saturated rings. The summed E-state index contributed by atoms with van der Waals surface area (Å²) in [7, 11) is 0. The lowest BCUT2D eigenvalue weighted by atomic mass is 9.99. The predicted molar refractivity (Wildman–Crippen MR) is 60.7 cm³/mol. The minimum Gasteiger partial charge on any atom is -0.366 e. The number of carbonyl (C=O) groups excluding carboxylic acids is 1. The molecule has 0 bridgehead atoms. The van der Waals surface area contributed by atoms with Crippen LogP contribution in [-0.4, -0.2) is 23.7 Å². The van der Waals surface area contributed by atoms with E-state index >= 15 is 0 Å². The molecule has 1 amide bonds. The molecule has 0 radical (unpaired) electrons. The van der Waals surface area contributed by atoms with Crippen molar-refractivity contribution < 1.29 is 4.79 Å². The lowest BCUT2D eigenvalue weighted by Gasteiger charge is -2.30. The molecule has 0 unspecified atom stereocenters. The van der Waals surface area contributed by atoms with Gasteiger partial charge in [-0.25, -0.2) is 9.98 Å². The quantitative estimate of drug-likeness (QED) is 0.741. The fourth-order valence-corrected chi connectivity index (χ4v) is 2.05. The van der Waals surface area contributed by atoms with Crippen LogP contribution < -0.4 is 10.6 Å². The van der Waals surface area contributed by atoms with Crippen LogP contribution in [0.15, 0.2) is 29.0 Å². The molecule has 0 saturated heterocycles. The van der Waals surface area contributed by atoms with Crippen LogP contribution in [0.2, 0.25) is 0 Å². The molecular formula is C11H10N4O. The summed E-state index contributed by atoms with van der Waals surface area (Å²) >= 11 is 0. The van der Waals surface area contributed by atoms with Crippen molar-refractivity contribution in [2.45, 2.75) is 6.42 Å². The van der Waals surface area contributed by atoms with Gasteiger partial charge in [0.25, 0.3) is 0 Å². The van der Waals surface area contributed by atoms with Crippen molar-refractivity contribution in [2.75, 3.05) is 11.4 Å². The van der Waals surface area contributed by atoms with Crippen molar-refractivity contribution in [1.82, 2.24) is 4.98 Å². The number of nitrogens with two attached hydrogens (primary N) is 1. The summed E-state index contributed by atoms with van der Waals surface area (Å²) in [5, 5.41) is 0. The third-order valence-electron chi connectivity index (χ3n) is 2.78. The van der Waals surface area contributed by atoms with E-state index in [1.54, 1.807) is 18.6 Å². The largest absolute Gasteiger partial charge is 0.366 e. The number of hydrogen-bond donors (Lipinski definition) is 1. The van der Waals surface area contributed by atoms with Gasteiger partial charge in [0, 0.05) is 30.6 Å². The van der Waals surface area contributed by atoms with E-state index < -0.39 is 0 Å². The van der Waals surface area contributed by atoms with E-state index in [0.717, 1.165) is 11.3 Å². The second-order valence-electron chi connectivity index (χ2n) is 3.80. The standard InChI is InChI=1S/C11H10N4O/c12-10(16)8-5-7-1-2-13-11-9(7)15(6-8)4-3-14-11/h1-3,6H,4-5H2,(H2,12,16). The van der Waals surface area contributed by atoms with Gasteiger partial charge in [-0.1, -0.05) is 0 Å². The topological polar surface area (TPSA) is 71.6 Å². The van der Waals surface area contributed by atoms with E-state index in [0.29, 0.717) is 24.4 Å². The number of rotatable bonds is 1. The maximum absolute atomic E-state index is 11.2. The molecule has 2 aliphatic rings. The predicted octanol–water partition coefficient (Wildman–Crippen LogP) is 0.529. The van der Waals surface area contributed by atoms with Crippen molar-refractivity contribution in [3.8, 4) is 0 Å². The van der Waals surface area contributed by atoms with Gasteiger partial charge in [-0.3, -0.25) is 4.79 Å². The van der Waals surface area contributed by atoms with Crippen molar-refractivity contribution >= 4 is 23.6 Å². The first-order valence-corrected chi connectivity index (χ1v) is 5.03. The third kappa shape index (κ3) is 1.21. The second kappa shape index (κ2) is 3.16. The third-order valence-corrected chi connectivity index (χ3v) is 2.78. The number of aromatic nitrogens is 1. The van der Waals surface area contributed by atoms with Crippen LogP contribution in [0.3, 0.4) is 0 Å². The van der Waals surface area contributed by atoms with Gasteiger partial charge in [0.15, 0.2) is 5.82 Å². The average Bonchev–Trinajstić information content (AvgIpc) is 2.29. The number of aliphatic imine (C=N–C) groups is 1. The number of anilines is 1. The monoisotopic (exact) mass is 214 g/mol. The fourth-order valence-electron chi connectivity index (χ4n) is 2.05. The van der Waals surface area contributed by atoms with Crippen LogP contribution in [0.5, 0.6) is 0 Å². The van der Waals surface area contributed by atoms with E-state index in [2.05, 4.69) is 9.98 Å². The molecule has 1 aromatic heterocycles. The van der Waals surface area contributed by atoms with Crippen LogP contribution in [0.4, 0.5) is 11.5 Å². The summed E-state index contributed by atoms with van der Waals surface area (Å²) in [4.78, 5) is 21.6. The SMILES string of the molecule is NC(=O)C1=CN2CC=Nc3nccc(c32)C1. The van der Waals surface area contributed by atoms with Gasteiger partial charge in [-0.15, -0.1) is 0 Å². The molecule has 0 saturated carbocycles. The van der Waals surface area contributed by atoms with Crippen LogP contribution in [-0.2, 0) is 11.2 Å². The zero-order valence-electron chi connectivity index (χ0n) is 8.55. The molecule has 2 N–H and O–H groups in total. The van der Waals surface area contributed by atoms with Gasteiger partial charge < -0.3 is 10.6 Å². The molecule has 80 valence electrons. The minimum atomic E-state index is -0.369. The Kier molecular flexibility index (Phi) is 1.80.